The van der Waals surface area contributed by atoms with Crippen molar-refractivity contribution in [3.63, 3.8) is 0 Å². The minimum Gasteiger partial charge on any atom is -0.394 e. The Balaban J connectivity index is 2.39. The van der Waals surface area contributed by atoms with E-state index in [4.69, 9.17) is 5.73 Å². The summed E-state index contributed by atoms with van der Waals surface area (Å²) in [6, 6.07) is 6.44. The number of aryl methyl sites for hydroxylation is 1. The molecule has 0 aliphatic heterocycles. The molecule has 0 amide bonds. The van der Waals surface area contributed by atoms with Crippen LogP contribution in [0.25, 0.3) is 0 Å². The molecule has 0 spiro atoms. The second-order valence-corrected chi connectivity index (χ2v) is 4.52. The summed E-state index contributed by atoms with van der Waals surface area (Å²) in [6.45, 7) is 5.89. The maximum absolute atomic E-state index is 13.1. The van der Waals surface area contributed by atoms with Crippen LogP contribution in [0, 0.1) is 12.7 Å². The minimum absolute atomic E-state index is 0.178. The van der Waals surface area contributed by atoms with Crippen molar-refractivity contribution >= 4 is 17.2 Å². The Labute approximate surface area is 106 Å². The molecule has 0 saturated carbocycles. The van der Waals surface area contributed by atoms with E-state index >= 15 is 0 Å². The van der Waals surface area contributed by atoms with Crippen molar-refractivity contribution in [2.45, 2.75) is 26.8 Å². The van der Waals surface area contributed by atoms with Gasteiger partial charge in [-0.3, -0.25) is 0 Å². The molecule has 0 unspecified atom stereocenters. The van der Waals surface area contributed by atoms with Crippen LogP contribution in [-0.2, 0) is 0 Å². The van der Waals surface area contributed by atoms with Crippen molar-refractivity contribution < 1.29 is 4.39 Å². The van der Waals surface area contributed by atoms with Gasteiger partial charge in [-0.1, -0.05) is 6.07 Å². The van der Waals surface area contributed by atoms with Crippen molar-refractivity contribution in [2.24, 2.45) is 0 Å². The summed E-state index contributed by atoms with van der Waals surface area (Å²) in [6.07, 6.45) is 0. The zero-order chi connectivity index (χ0) is 13.3. The molecule has 1 aromatic heterocycles. The number of nitrogens with one attached hydrogen (secondary N) is 1. The Morgan fingerprint density at radius 3 is 2.72 bits per heavy atom. The van der Waals surface area contributed by atoms with Crippen molar-refractivity contribution in [3.05, 3.63) is 35.8 Å². The fourth-order valence-corrected chi connectivity index (χ4v) is 1.76. The first kappa shape index (κ1) is 12.4. The highest BCUT2D eigenvalue weighted by molar-refractivity contribution is 5.71. The van der Waals surface area contributed by atoms with Gasteiger partial charge < -0.3 is 11.1 Å². The zero-order valence-corrected chi connectivity index (χ0v) is 10.7. The third-order valence-electron chi connectivity index (χ3n) is 2.71. The predicted octanol–water partition coefficient (Wildman–Crippen LogP) is 3.24. The molecule has 4 nitrogen and oxygen atoms in total. The van der Waals surface area contributed by atoms with Gasteiger partial charge in [0.15, 0.2) is 5.82 Å². The van der Waals surface area contributed by atoms with Gasteiger partial charge in [0.1, 0.15) is 5.82 Å². The summed E-state index contributed by atoms with van der Waals surface area (Å²) in [4.78, 5) is 0. The van der Waals surface area contributed by atoms with E-state index in [1.165, 1.54) is 12.1 Å². The van der Waals surface area contributed by atoms with Crippen LogP contribution >= 0.6 is 0 Å². The minimum atomic E-state index is -0.286. The lowest BCUT2D eigenvalue weighted by Gasteiger charge is -2.13. The lowest BCUT2D eigenvalue weighted by Crippen LogP contribution is -2.08. The normalized spacial score (nSPS) is 10.9. The van der Waals surface area contributed by atoms with Crippen molar-refractivity contribution in [2.75, 3.05) is 11.1 Å². The molecule has 0 fully saturated rings. The molecular formula is C13H17FN4. The topological polar surface area (TPSA) is 55.9 Å². The number of nitrogens with two attached hydrogens (primary N) is 1. The third-order valence-corrected chi connectivity index (χ3v) is 2.71. The molecule has 0 atom stereocenters. The average Bonchev–Trinajstić information content (AvgIpc) is 2.57. The summed E-state index contributed by atoms with van der Waals surface area (Å²) in [7, 11) is 0. The number of benzene rings is 1. The summed E-state index contributed by atoms with van der Waals surface area (Å²) in [5, 5.41) is 7.48. The maximum Gasteiger partial charge on any atom is 0.152 e. The van der Waals surface area contributed by atoms with E-state index in [9.17, 15) is 4.39 Å². The standard InChI is InChI=1S/C13H17FN4/c1-8(2)18-13(12(15)9(3)17-18)16-11-6-4-5-10(14)7-11/h4-8,16H,15H2,1-3H3. The van der Waals surface area contributed by atoms with Crippen LogP contribution in [-0.4, -0.2) is 9.78 Å². The molecule has 18 heavy (non-hydrogen) atoms. The second kappa shape index (κ2) is 4.68. The molecule has 0 saturated heterocycles. The van der Waals surface area contributed by atoms with Crippen molar-refractivity contribution in [1.29, 1.82) is 0 Å². The van der Waals surface area contributed by atoms with Gasteiger partial charge in [0.2, 0.25) is 0 Å². The summed E-state index contributed by atoms with van der Waals surface area (Å²) < 4.78 is 14.9. The lowest BCUT2D eigenvalue weighted by molar-refractivity contribution is 0.536. The fourth-order valence-electron chi connectivity index (χ4n) is 1.76. The van der Waals surface area contributed by atoms with E-state index in [0.29, 0.717) is 17.2 Å². The number of anilines is 3. The van der Waals surface area contributed by atoms with Gasteiger partial charge in [0.25, 0.3) is 0 Å². The number of hydrogen-bond donors (Lipinski definition) is 2. The fraction of sp³-hybridized carbons (Fsp3) is 0.308. The Bertz CT molecular complexity index is 560. The zero-order valence-electron chi connectivity index (χ0n) is 10.7. The molecule has 0 bridgehead atoms. The number of halogens is 1. The first-order valence-corrected chi connectivity index (χ1v) is 5.86. The van der Waals surface area contributed by atoms with Crippen LogP contribution in [0.3, 0.4) is 0 Å². The molecule has 0 aliphatic carbocycles. The highest BCUT2D eigenvalue weighted by Gasteiger charge is 2.14. The highest BCUT2D eigenvalue weighted by atomic mass is 19.1. The number of aromatic nitrogens is 2. The highest BCUT2D eigenvalue weighted by Crippen LogP contribution is 2.28. The molecule has 0 aliphatic rings. The van der Waals surface area contributed by atoms with Gasteiger partial charge in [-0.05, 0) is 39.0 Å². The van der Waals surface area contributed by atoms with Crippen LogP contribution in [0.4, 0.5) is 21.6 Å². The molecule has 3 N–H and O–H groups in total. The monoisotopic (exact) mass is 248 g/mol. The molecule has 0 radical (unpaired) electrons. The first-order chi connectivity index (χ1) is 8.49. The largest absolute Gasteiger partial charge is 0.394 e. The molecule has 2 aromatic rings. The van der Waals surface area contributed by atoms with Gasteiger partial charge in [0, 0.05) is 11.7 Å². The molecule has 1 heterocycles. The average molecular weight is 248 g/mol. The summed E-state index contributed by atoms with van der Waals surface area (Å²) in [5.74, 6) is 0.416. The van der Waals surface area contributed by atoms with Gasteiger partial charge in [-0.25, -0.2) is 9.07 Å². The van der Waals surface area contributed by atoms with Gasteiger partial charge in [-0.15, -0.1) is 0 Å². The van der Waals surface area contributed by atoms with E-state index in [-0.39, 0.29) is 11.9 Å². The number of nitrogens with zero attached hydrogens (tertiary/aromatic N) is 2. The molecule has 1 aromatic carbocycles. The number of nitrogen functional groups attached to an aromatic ring is 1. The van der Waals surface area contributed by atoms with Crippen LogP contribution < -0.4 is 11.1 Å². The molecule has 96 valence electrons. The van der Waals surface area contributed by atoms with E-state index in [0.717, 1.165) is 5.69 Å². The number of hydrogen-bond acceptors (Lipinski definition) is 3. The number of rotatable bonds is 3. The summed E-state index contributed by atoms with van der Waals surface area (Å²) in [5.41, 5.74) is 8.00. The quantitative estimate of drug-likeness (QED) is 0.876. The second-order valence-electron chi connectivity index (χ2n) is 4.52. The first-order valence-electron chi connectivity index (χ1n) is 5.86. The van der Waals surface area contributed by atoms with E-state index in [2.05, 4.69) is 10.4 Å². The van der Waals surface area contributed by atoms with Crippen LogP contribution in [0.5, 0.6) is 0 Å². The molecular weight excluding hydrogens is 231 g/mol. The van der Waals surface area contributed by atoms with Gasteiger partial charge >= 0.3 is 0 Å². The SMILES string of the molecule is Cc1nn(C(C)C)c(Nc2cccc(F)c2)c1N. The lowest BCUT2D eigenvalue weighted by atomic mass is 10.3. The Morgan fingerprint density at radius 1 is 1.39 bits per heavy atom. The Kier molecular flexibility index (Phi) is 3.23. The maximum atomic E-state index is 13.1. The Morgan fingerprint density at radius 2 is 2.11 bits per heavy atom. The van der Waals surface area contributed by atoms with Crippen molar-refractivity contribution in [1.82, 2.24) is 9.78 Å². The van der Waals surface area contributed by atoms with E-state index in [1.54, 1.807) is 16.8 Å². The summed E-state index contributed by atoms with van der Waals surface area (Å²) >= 11 is 0. The molecule has 2 rings (SSSR count). The van der Waals surface area contributed by atoms with Crippen LogP contribution in [0.1, 0.15) is 25.6 Å². The van der Waals surface area contributed by atoms with Gasteiger partial charge in [-0.2, -0.15) is 5.10 Å². The third kappa shape index (κ3) is 2.30. The molecule has 5 heteroatoms. The predicted molar refractivity (Wildman–Crippen MR) is 71.4 cm³/mol. The van der Waals surface area contributed by atoms with Crippen LogP contribution in [0.2, 0.25) is 0 Å². The van der Waals surface area contributed by atoms with Crippen molar-refractivity contribution in [3.8, 4) is 0 Å². The Hall–Kier alpha value is -2.04. The van der Waals surface area contributed by atoms with Crippen LogP contribution in [0.15, 0.2) is 24.3 Å². The van der Waals surface area contributed by atoms with E-state index in [1.807, 2.05) is 20.8 Å². The van der Waals surface area contributed by atoms with Gasteiger partial charge in [0.05, 0.1) is 11.4 Å². The van der Waals surface area contributed by atoms with E-state index < -0.39 is 0 Å². The smallest absolute Gasteiger partial charge is 0.152 e.